The Balaban J connectivity index is 1.53. The summed E-state index contributed by atoms with van der Waals surface area (Å²) >= 11 is 0. The van der Waals surface area contributed by atoms with Crippen LogP contribution >= 0.6 is 0 Å². The third-order valence-electron chi connectivity index (χ3n) is 10.3. The van der Waals surface area contributed by atoms with Gasteiger partial charge < -0.3 is 39.5 Å². The van der Waals surface area contributed by atoms with E-state index in [9.17, 15) is 45.1 Å². The smallest absolute Gasteiger partial charge is 0.308 e. The van der Waals surface area contributed by atoms with Crippen LogP contribution in [-0.2, 0) is 44.0 Å². The van der Waals surface area contributed by atoms with Gasteiger partial charge in [0.05, 0.1) is 38.5 Å². The van der Waals surface area contributed by atoms with E-state index in [1.807, 2.05) is 6.08 Å². The highest BCUT2D eigenvalue weighted by molar-refractivity contribution is 7.86. The fraction of sp³-hybridized carbons (Fsp3) is 0.367. The summed E-state index contributed by atoms with van der Waals surface area (Å²) in [6.45, 7) is 10.0. The van der Waals surface area contributed by atoms with E-state index >= 15 is 0 Å². The molecule has 70 heavy (non-hydrogen) atoms. The van der Waals surface area contributed by atoms with E-state index in [0.717, 1.165) is 0 Å². The minimum atomic E-state index is -5.12. The molecule has 2 aliphatic carbocycles. The second-order valence-electron chi connectivity index (χ2n) is 16.8. The van der Waals surface area contributed by atoms with Crippen molar-refractivity contribution in [1.82, 2.24) is 15.5 Å². The molecule has 19 nitrogen and oxygen atoms in total. The first-order valence-electron chi connectivity index (χ1n) is 22.5. The Hall–Kier alpha value is -6.49. The van der Waals surface area contributed by atoms with Gasteiger partial charge in [-0.15, -0.1) is 0 Å². The van der Waals surface area contributed by atoms with Gasteiger partial charge in [0.15, 0.2) is 16.2 Å². The Morgan fingerprint density at radius 1 is 0.786 bits per heavy atom. The average molecular weight is 1010 g/mol. The van der Waals surface area contributed by atoms with E-state index in [2.05, 4.69) is 20.9 Å². The molecule has 3 amide bonds. The Kier molecular flexibility index (Phi) is 19.0. The number of allylic oxidation sites excluding steroid dienone is 6. The number of rotatable bonds is 22. The monoisotopic (exact) mass is 1010 g/mol. The molecule has 0 saturated carbocycles. The van der Waals surface area contributed by atoms with Crippen molar-refractivity contribution in [3.8, 4) is 22.5 Å². The third kappa shape index (κ3) is 14.5. The van der Waals surface area contributed by atoms with Gasteiger partial charge in [-0.25, -0.2) is 4.99 Å². The lowest BCUT2D eigenvalue weighted by Crippen LogP contribution is -2.76. The molecule has 0 unspecified atom stereocenters. The molecule has 2 aromatic carbocycles. The van der Waals surface area contributed by atoms with Crippen LogP contribution in [0, 0.1) is 0 Å². The quantitative estimate of drug-likeness (QED) is 0.0283. The first-order valence-corrected chi connectivity index (χ1v) is 25.4. The van der Waals surface area contributed by atoms with E-state index in [0.29, 0.717) is 12.0 Å². The Labute approximate surface area is 407 Å². The number of hydrogen-bond acceptors (Lipinski definition) is 13. The fourth-order valence-corrected chi connectivity index (χ4v) is 8.97. The number of hydrogen-bond donors (Lipinski definition) is 6. The molecule has 2 aromatic rings. The second-order valence-corrected chi connectivity index (χ2v) is 19.5. The maximum absolute atomic E-state index is 14.8. The highest BCUT2D eigenvalue weighted by Gasteiger charge is 2.34. The molecule has 1 heterocycles. The van der Waals surface area contributed by atoms with Gasteiger partial charge in [-0.05, 0) is 89.1 Å². The van der Waals surface area contributed by atoms with Gasteiger partial charge in [0, 0.05) is 72.5 Å². The molecular weight excluding hydrogens is 947 g/mol. The van der Waals surface area contributed by atoms with Gasteiger partial charge in [-0.1, -0.05) is 36.4 Å². The summed E-state index contributed by atoms with van der Waals surface area (Å²) in [5.41, 5.74) is -0.607. The lowest BCUT2D eigenvalue weighted by Gasteiger charge is -2.23. The number of amides is 3. The number of benzene rings is 3. The van der Waals surface area contributed by atoms with Crippen molar-refractivity contribution in [3.05, 3.63) is 107 Å². The molecule has 1 aliphatic heterocycles. The van der Waals surface area contributed by atoms with Crippen molar-refractivity contribution in [1.29, 1.82) is 0 Å². The maximum Gasteiger partial charge on any atom is 0.308 e. The summed E-state index contributed by atoms with van der Waals surface area (Å²) in [5, 5.41) is 8.41. The maximum atomic E-state index is 14.8. The van der Waals surface area contributed by atoms with Crippen molar-refractivity contribution in [3.63, 3.8) is 0 Å². The molecule has 0 aromatic heterocycles. The predicted molar refractivity (Wildman–Crippen MR) is 261 cm³/mol. The molecule has 5 rings (SSSR count). The van der Waals surface area contributed by atoms with Gasteiger partial charge in [-0.2, -0.15) is 16.8 Å². The molecule has 0 saturated heterocycles. The van der Waals surface area contributed by atoms with Crippen molar-refractivity contribution in [2.45, 2.75) is 62.9 Å². The van der Waals surface area contributed by atoms with Crippen LogP contribution < -0.4 is 26.3 Å². The standard InChI is InChI=1S/C49H59N5O14S2/c1-7-50-38-21-19-35-41(36-20-22-39(51-8-2)45(70(62,63)64)43(36)67-42(35)44(38)69(59,60)61)34-18-17-33(47(57)53-25-28-66-30-29-65-27-23-40(55)68-49(3,4)5)31-37(34)48(58)54(6)26-14-24-52-46(56)32-15-12-10-9-11-13-16-32/h9-13,15-22,31,50H,7-8,14,23-30H2,1-6H3,(H,52,56)(H,53,57)(H,59,60,61)(H,62,63,64)/p+1/b10-9-,11-9?,12-10?,13-11-,15-12-,16-13?,32-15?,32-16+,51-39?. The number of carbonyl (C=O) groups is 4. The highest BCUT2D eigenvalue weighted by atomic mass is 32.2. The number of anilines is 1. The lowest BCUT2D eigenvalue weighted by atomic mass is 9.89. The van der Waals surface area contributed by atoms with Gasteiger partial charge in [-0.3, -0.25) is 28.3 Å². The highest BCUT2D eigenvalue weighted by Crippen LogP contribution is 2.46. The average Bonchev–Trinajstić information content (AvgIpc) is 3.27. The Morgan fingerprint density at radius 2 is 1.46 bits per heavy atom. The number of fused-ring (bicyclic) bond motifs is 2. The van der Waals surface area contributed by atoms with Crippen LogP contribution in [0.4, 0.5) is 5.69 Å². The summed E-state index contributed by atoms with van der Waals surface area (Å²) in [6, 6.07) is 9.94. The van der Waals surface area contributed by atoms with Crippen molar-refractivity contribution in [2.24, 2.45) is 0 Å². The number of nitrogens with one attached hydrogen (secondary N) is 4. The van der Waals surface area contributed by atoms with Crippen molar-refractivity contribution >= 4 is 60.6 Å². The third-order valence-corrected chi connectivity index (χ3v) is 12.2. The fourth-order valence-electron chi connectivity index (χ4n) is 7.36. The van der Waals surface area contributed by atoms with E-state index in [1.54, 1.807) is 71.1 Å². The normalized spacial score (nSPS) is 15.3. The van der Waals surface area contributed by atoms with Crippen molar-refractivity contribution < 1.29 is 68.7 Å². The molecule has 0 spiro atoms. The lowest BCUT2D eigenvalue weighted by molar-refractivity contribution is -0.498. The summed E-state index contributed by atoms with van der Waals surface area (Å²) in [6.07, 6.45) is 12.6. The van der Waals surface area contributed by atoms with Crippen LogP contribution in [0.25, 0.3) is 33.4 Å². The van der Waals surface area contributed by atoms with E-state index in [1.165, 1.54) is 54.4 Å². The molecule has 21 heteroatoms. The number of nitrogens with zero attached hydrogens (tertiary/aromatic N) is 1. The molecule has 0 bridgehead atoms. The largest absolute Gasteiger partial charge is 0.460 e. The van der Waals surface area contributed by atoms with Crippen LogP contribution in [0.15, 0.2) is 105 Å². The zero-order valence-electron chi connectivity index (χ0n) is 39.9. The van der Waals surface area contributed by atoms with Gasteiger partial charge >= 0.3 is 16.1 Å². The molecule has 3 aliphatic rings. The molecule has 376 valence electrons. The molecule has 0 atom stereocenters. The number of carbonyl (C=O) groups excluding carboxylic acids is 4. The second kappa shape index (κ2) is 24.4. The zero-order chi connectivity index (χ0) is 51.2. The van der Waals surface area contributed by atoms with E-state index in [4.69, 9.17) is 18.6 Å². The Bertz CT molecular complexity index is 2990. The predicted octanol–water partition coefficient (Wildman–Crippen LogP) is 3.81. The molecular formula is C49H60N5O14S2+. The molecule has 6 N–H and O–H groups in total. The van der Waals surface area contributed by atoms with Gasteiger partial charge in [0.2, 0.25) is 10.3 Å². The molecule has 0 radical (unpaired) electrons. The number of esters is 1. The minimum absolute atomic E-state index is 0.0183. The van der Waals surface area contributed by atoms with E-state index in [-0.39, 0.29) is 122 Å². The first-order chi connectivity index (χ1) is 33.2. The minimum Gasteiger partial charge on any atom is -0.460 e. The van der Waals surface area contributed by atoms with Crippen LogP contribution in [-0.4, -0.2) is 126 Å². The summed E-state index contributed by atoms with van der Waals surface area (Å²) in [7, 11) is -8.73. The van der Waals surface area contributed by atoms with Gasteiger partial charge in [0.25, 0.3) is 27.8 Å². The summed E-state index contributed by atoms with van der Waals surface area (Å²) < 4.78 is 96.6. The van der Waals surface area contributed by atoms with Crippen LogP contribution in [0.3, 0.4) is 0 Å². The SMILES string of the molecule is CCNc1ccc2c(-c3ccc(C(=O)NCCOCCOCCC(=O)OC(C)(C)C)cc3C(=O)N(C)CCCNC(=O)C3=C/C=C\C=C/C=C\3)c3ccc(=[NH+]CC)c(S(=O)(=O)O)c-3oc2c1S(=O)(=O)O. The number of ether oxygens (including phenoxy) is 3. The summed E-state index contributed by atoms with van der Waals surface area (Å²) in [5.74, 6) is -2.41. The summed E-state index contributed by atoms with van der Waals surface area (Å²) in [4.78, 5) is 56.1. The topological polar surface area (TPSA) is 271 Å². The molecule has 0 fully saturated rings. The van der Waals surface area contributed by atoms with Crippen LogP contribution in [0.5, 0.6) is 0 Å². The Morgan fingerprint density at radius 3 is 2.14 bits per heavy atom. The van der Waals surface area contributed by atoms with Gasteiger partial charge in [0.1, 0.15) is 12.1 Å². The zero-order valence-corrected chi connectivity index (χ0v) is 41.6. The van der Waals surface area contributed by atoms with Crippen molar-refractivity contribution in [2.75, 3.05) is 71.5 Å². The first kappa shape index (κ1) is 54.5. The van der Waals surface area contributed by atoms with Crippen LogP contribution in [0.2, 0.25) is 0 Å². The van der Waals surface area contributed by atoms with E-state index < -0.39 is 58.8 Å². The van der Waals surface area contributed by atoms with Crippen LogP contribution in [0.1, 0.15) is 68.2 Å².